The Bertz CT molecular complexity index is 311. The van der Waals surface area contributed by atoms with Crippen LogP contribution in [0.5, 0.6) is 0 Å². The molecule has 0 bridgehead atoms. The minimum absolute atomic E-state index is 0.202. The summed E-state index contributed by atoms with van der Waals surface area (Å²) in [6.45, 7) is 9.83. The molecule has 0 radical (unpaired) electrons. The van der Waals surface area contributed by atoms with Gasteiger partial charge in [-0.05, 0) is 27.7 Å². The number of hydrogen-bond acceptors (Lipinski definition) is 3. The van der Waals surface area contributed by atoms with Crippen molar-refractivity contribution in [2.75, 3.05) is 0 Å². The Morgan fingerprint density at radius 1 is 1.54 bits per heavy atom. The van der Waals surface area contributed by atoms with Crippen LogP contribution in [0.15, 0.2) is 10.8 Å². The zero-order valence-electron chi connectivity index (χ0n) is 8.66. The van der Waals surface area contributed by atoms with Gasteiger partial charge in [-0.2, -0.15) is 0 Å². The smallest absolute Gasteiger partial charge is 0.128 e. The highest BCUT2D eigenvalue weighted by Crippen LogP contribution is 2.37. The van der Waals surface area contributed by atoms with Crippen LogP contribution in [0, 0.1) is 0 Å². The molecule has 0 aromatic carbocycles. The topological polar surface area (TPSA) is 29.3 Å². The molecule has 1 aromatic heterocycles. The van der Waals surface area contributed by atoms with E-state index in [1.54, 1.807) is 6.26 Å². The third-order valence-corrected chi connectivity index (χ3v) is 2.74. The molecule has 0 saturated carbocycles. The van der Waals surface area contributed by atoms with Gasteiger partial charge in [0.25, 0.3) is 0 Å². The highest BCUT2D eigenvalue weighted by atomic mass is 16.5. The predicted molar refractivity (Wildman–Crippen MR) is 50.2 cm³/mol. The summed E-state index contributed by atoms with van der Waals surface area (Å²) in [5, 5.41) is 4.02. The van der Waals surface area contributed by atoms with E-state index in [0.29, 0.717) is 6.04 Å². The Morgan fingerprint density at radius 2 is 2.23 bits per heavy atom. The van der Waals surface area contributed by atoms with Crippen molar-refractivity contribution in [3.63, 3.8) is 0 Å². The van der Waals surface area contributed by atoms with E-state index in [0.717, 1.165) is 12.2 Å². The van der Waals surface area contributed by atoms with Gasteiger partial charge in [0, 0.05) is 17.6 Å². The van der Waals surface area contributed by atoms with E-state index >= 15 is 0 Å². The highest BCUT2D eigenvalue weighted by molar-refractivity contribution is 5.24. The van der Waals surface area contributed by atoms with Gasteiger partial charge in [-0.3, -0.25) is 4.90 Å². The van der Waals surface area contributed by atoms with E-state index in [1.807, 2.05) is 0 Å². The minimum Gasteiger partial charge on any atom is -0.364 e. The Labute approximate surface area is 78.7 Å². The van der Waals surface area contributed by atoms with Crippen LogP contribution in [0.25, 0.3) is 0 Å². The molecule has 72 valence electrons. The molecule has 0 amide bonds. The summed E-state index contributed by atoms with van der Waals surface area (Å²) in [6.07, 6.45) is 1.76. The summed E-state index contributed by atoms with van der Waals surface area (Å²) in [4.78, 5) is 2.43. The number of fused-ring (bicyclic) bond motifs is 1. The molecule has 3 nitrogen and oxygen atoms in total. The van der Waals surface area contributed by atoms with Gasteiger partial charge in [0.05, 0.1) is 6.04 Å². The van der Waals surface area contributed by atoms with E-state index in [9.17, 15) is 0 Å². The molecule has 2 heterocycles. The fourth-order valence-electron chi connectivity index (χ4n) is 2.01. The quantitative estimate of drug-likeness (QED) is 0.613. The first-order valence-electron chi connectivity index (χ1n) is 4.70. The summed E-state index contributed by atoms with van der Waals surface area (Å²) in [5.74, 6) is 0. The second kappa shape index (κ2) is 2.58. The lowest BCUT2D eigenvalue weighted by atomic mass is 10.1. The largest absolute Gasteiger partial charge is 0.364 e. The van der Waals surface area contributed by atoms with Crippen molar-refractivity contribution in [1.29, 1.82) is 0 Å². The van der Waals surface area contributed by atoms with Gasteiger partial charge >= 0.3 is 0 Å². The second-order valence-electron chi connectivity index (χ2n) is 4.70. The monoisotopic (exact) mass is 180 g/mol. The van der Waals surface area contributed by atoms with Gasteiger partial charge in [0.15, 0.2) is 0 Å². The molecule has 0 fully saturated rings. The van der Waals surface area contributed by atoms with Crippen molar-refractivity contribution in [3.05, 3.63) is 17.5 Å². The second-order valence-corrected chi connectivity index (χ2v) is 4.70. The maximum atomic E-state index is 4.94. The number of rotatable bonds is 0. The number of nitrogens with zero attached hydrogens (tertiary/aromatic N) is 2. The normalized spacial score (nSPS) is 23.5. The SMILES string of the molecule is CC1c2nocc2CN1C(C)(C)C. The van der Waals surface area contributed by atoms with Gasteiger partial charge < -0.3 is 4.52 Å². The Balaban J connectivity index is 2.29. The van der Waals surface area contributed by atoms with E-state index in [2.05, 4.69) is 37.8 Å². The molecule has 3 heteroatoms. The summed E-state index contributed by atoms with van der Waals surface area (Å²) >= 11 is 0. The zero-order valence-corrected chi connectivity index (χ0v) is 8.66. The van der Waals surface area contributed by atoms with Crippen LogP contribution in [-0.2, 0) is 6.54 Å². The molecule has 2 rings (SSSR count). The van der Waals surface area contributed by atoms with E-state index in [1.165, 1.54) is 5.56 Å². The fourth-order valence-corrected chi connectivity index (χ4v) is 2.01. The average Bonchev–Trinajstić information content (AvgIpc) is 2.51. The fraction of sp³-hybridized carbons (Fsp3) is 0.700. The van der Waals surface area contributed by atoms with Crippen LogP contribution < -0.4 is 0 Å². The zero-order chi connectivity index (χ0) is 9.64. The maximum absolute atomic E-state index is 4.94. The van der Waals surface area contributed by atoms with Crippen LogP contribution in [0.2, 0.25) is 0 Å². The molecular weight excluding hydrogens is 164 g/mol. The first-order valence-corrected chi connectivity index (χ1v) is 4.70. The van der Waals surface area contributed by atoms with E-state index in [-0.39, 0.29) is 5.54 Å². The molecule has 0 aliphatic carbocycles. The lowest BCUT2D eigenvalue weighted by molar-refractivity contribution is 0.0945. The first-order chi connectivity index (χ1) is 6.00. The third kappa shape index (κ3) is 1.27. The van der Waals surface area contributed by atoms with Crippen molar-refractivity contribution in [2.45, 2.75) is 45.8 Å². The molecule has 13 heavy (non-hydrogen) atoms. The summed E-state index contributed by atoms with van der Waals surface area (Å²) in [6, 6.07) is 0.383. The molecule has 1 aromatic rings. The van der Waals surface area contributed by atoms with E-state index < -0.39 is 0 Å². The van der Waals surface area contributed by atoms with Gasteiger partial charge in [-0.15, -0.1) is 0 Å². The molecule has 0 saturated heterocycles. The Morgan fingerprint density at radius 3 is 2.77 bits per heavy atom. The van der Waals surface area contributed by atoms with Gasteiger partial charge in [-0.1, -0.05) is 5.16 Å². The van der Waals surface area contributed by atoms with Crippen LogP contribution in [-0.4, -0.2) is 15.6 Å². The van der Waals surface area contributed by atoms with Crippen molar-refractivity contribution in [3.8, 4) is 0 Å². The standard InChI is InChI=1S/C10H16N2O/c1-7-9-8(6-13-11-9)5-12(7)10(2,3)4/h6-7H,5H2,1-4H3. The van der Waals surface area contributed by atoms with Crippen molar-refractivity contribution in [2.24, 2.45) is 0 Å². The van der Waals surface area contributed by atoms with Crippen LogP contribution >= 0.6 is 0 Å². The van der Waals surface area contributed by atoms with Gasteiger partial charge in [0.2, 0.25) is 0 Å². The van der Waals surface area contributed by atoms with E-state index in [4.69, 9.17) is 4.52 Å². The molecule has 1 aliphatic heterocycles. The molecule has 1 unspecified atom stereocenters. The molecule has 0 N–H and O–H groups in total. The molecule has 1 atom stereocenters. The van der Waals surface area contributed by atoms with Crippen LogP contribution in [0.1, 0.15) is 45.0 Å². The first kappa shape index (κ1) is 8.75. The van der Waals surface area contributed by atoms with Crippen LogP contribution in [0.3, 0.4) is 0 Å². The van der Waals surface area contributed by atoms with Gasteiger partial charge in [0.1, 0.15) is 12.0 Å². The van der Waals surface area contributed by atoms with Crippen molar-refractivity contribution >= 4 is 0 Å². The highest BCUT2D eigenvalue weighted by Gasteiger charge is 2.36. The Kier molecular flexibility index (Phi) is 1.74. The lowest BCUT2D eigenvalue weighted by Crippen LogP contribution is -2.39. The summed E-state index contributed by atoms with van der Waals surface area (Å²) in [7, 11) is 0. The van der Waals surface area contributed by atoms with Gasteiger partial charge in [-0.25, -0.2) is 0 Å². The summed E-state index contributed by atoms with van der Waals surface area (Å²) in [5.41, 5.74) is 2.55. The summed E-state index contributed by atoms with van der Waals surface area (Å²) < 4.78 is 4.94. The predicted octanol–water partition coefficient (Wildman–Crippen LogP) is 2.35. The number of aromatic nitrogens is 1. The lowest BCUT2D eigenvalue weighted by Gasteiger charge is -2.35. The van der Waals surface area contributed by atoms with Crippen molar-refractivity contribution < 1.29 is 4.52 Å². The Hall–Kier alpha value is -0.830. The molecule has 0 spiro atoms. The average molecular weight is 180 g/mol. The maximum Gasteiger partial charge on any atom is 0.128 e. The van der Waals surface area contributed by atoms with Crippen molar-refractivity contribution in [1.82, 2.24) is 10.1 Å². The third-order valence-electron chi connectivity index (χ3n) is 2.74. The molecular formula is C10H16N2O. The number of hydrogen-bond donors (Lipinski definition) is 0. The minimum atomic E-state index is 0.202. The molecule has 1 aliphatic rings. The van der Waals surface area contributed by atoms with Crippen LogP contribution in [0.4, 0.5) is 0 Å².